The highest BCUT2D eigenvalue weighted by molar-refractivity contribution is 5.72. The molecule has 0 bridgehead atoms. The number of benzene rings is 1. The van der Waals surface area contributed by atoms with Crippen molar-refractivity contribution in [2.75, 3.05) is 18.0 Å². The fraction of sp³-hybridized carbons (Fsp3) is 0.462. The molecule has 0 spiro atoms. The molecular weight excluding hydrogens is 240 g/mol. The molecule has 98 valence electrons. The molecule has 1 saturated heterocycles. The second-order valence-electron chi connectivity index (χ2n) is 4.35. The lowest BCUT2D eigenvalue weighted by Gasteiger charge is -2.18. The Morgan fingerprint density at radius 3 is 2.56 bits per heavy atom. The van der Waals surface area contributed by atoms with Crippen LogP contribution in [-0.2, 0) is 4.79 Å². The molecule has 18 heavy (non-hydrogen) atoms. The minimum absolute atomic E-state index is 0.112. The molecule has 2 rings (SSSR count). The lowest BCUT2D eigenvalue weighted by atomic mass is 10.3. The Kier molecular flexibility index (Phi) is 3.50. The Bertz CT molecular complexity index is 431. The maximum atomic E-state index is 13.1. The second-order valence-corrected chi connectivity index (χ2v) is 4.35. The maximum Gasteiger partial charge on any atom is 0.310 e. The van der Waals surface area contributed by atoms with E-state index in [0.717, 1.165) is 5.69 Å². The molecule has 0 amide bonds. The van der Waals surface area contributed by atoms with Crippen LogP contribution >= 0.6 is 0 Å². The van der Waals surface area contributed by atoms with E-state index in [2.05, 4.69) is 0 Å². The fourth-order valence-electron chi connectivity index (χ4n) is 1.88. The minimum Gasteiger partial charge on any atom is -0.427 e. The number of alkyl halides is 2. The van der Waals surface area contributed by atoms with Gasteiger partial charge in [-0.1, -0.05) is 6.92 Å². The highest BCUT2D eigenvalue weighted by atomic mass is 19.3. The van der Waals surface area contributed by atoms with Crippen molar-refractivity contribution in [1.29, 1.82) is 0 Å². The van der Waals surface area contributed by atoms with Crippen LogP contribution in [-0.4, -0.2) is 25.0 Å². The van der Waals surface area contributed by atoms with Gasteiger partial charge in [-0.3, -0.25) is 4.79 Å². The summed E-state index contributed by atoms with van der Waals surface area (Å²) in [6.07, 6.45) is 0.194. The summed E-state index contributed by atoms with van der Waals surface area (Å²) in [7, 11) is 0. The van der Waals surface area contributed by atoms with Crippen molar-refractivity contribution in [3.05, 3.63) is 24.3 Å². The van der Waals surface area contributed by atoms with Gasteiger partial charge in [-0.05, 0) is 24.3 Å². The number of esters is 1. The first-order chi connectivity index (χ1) is 8.50. The van der Waals surface area contributed by atoms with E-state index in [0.29, 0.717) is 18.7 Å². The van der Waals surface area contributed by atoms with Gasteiger partial charge in [0.2, 0.25) is 0 Å². The molecule has 3 nitrogen and oxygen atoms in total. The zero-order valence-corrected chi connectivity index (χ0v) is 10.2. The number of carbonyl (C=O) groups is 1. The molecule has 5 heteroatoms. The molecule has 1 aliphatic heterocycles. The smallest absolute Gasteiger partial charge is 0.310 e. The molecule has 1 fully saturated rings. The predicted octanol–water partition coefficient (Wildman–Crippen LogP) is 2.85. The average Bonchev–Trinajstić information content (AvgIpc) is 2.70. The van der Waals surface area contributed by atoms with Gasteiger partial charge >= 0.3 is 5.97 Å². The number of carbonyl (C=O) groups excluding carboxylic acids is 1. The molecule has 1 heterocycles. The SMILES string of the molecule is CCC(=O)Oc1ccc(N2CCC(F)(F)C2)cc1. The number of ether oxygens (including phenoxy) is 1. The summed E-state index contributed by atoms with van der Waals surface area (Å²) in [5.41, 5.74) is 0.725. The van der Waals surface area contributed by atoms with Crippen LogP contribution in [0.4, 0.5) is 14.5 Å². The van der Waals surface area contributed by atoms with E-state index in [4.69, 9.17) is 4.74 Å². The number of nitrogens with zero attached hydrogens (tertiary/aromatic N) is 1. The average molecular weight is 255 g/mol. The normalized spacial score (nSPS) is 17.8. The van der Waals surface area contributed by atoms with E-state index in [-0.39, 0.29) is 18.9 Å². The van der Waals surface area contributed by atoms with Crippen LogP contribution < -0.4 is 9.64 Å². The quantitative estimate of drug-likeness (QED) is 0.614. The summed E-state index contributed by atoms with van der Waals surface area (Å²) in [6.45, 7) is 1.81. The number of hydrogen-bond donors (Lipinski definition) is 0. The van der Waals surface area contributed by atoms with Crippen molar-refractivity contribution in [2.45, 2.75) is 25.7 Å². The number of halogens is 2. The van der Waals surface area contributed by atoms with E-state index in [1.807, 2.05) is 0 Å². The van der Waals surface area contributed by atoms with E-state index in [1.54, 1.807) is 36.1 Å². The molecule has 0 aromatic heterocycles. The molecule has 0 N–H and O–H groups in total. The molecule has 0 aliphatic carbocycles. The van der Waals surface area contributed by atoms with Crippen molar-refractivity contribution in [2.24, 2.45) is 0 Å². The maximum absolute atomic E-state index is 13.1. The summed E-state index contributed by atoms with van der Waals surface area (Å²) in [4.78, 5) is 12.7. The van der Waals surface area contributed by atoms with Crippen LogP contribution in [0.15, 0.2) is 24.3 Å². The van der Waals surface area contributed by atoms with E-state index >= 15 is 0 Å². The standard InChI is InChI=1S/C13H15F2NO2/c1-2-12(17)18-11-5-3-10(4-6-11)16-8-7-13(14,15)9-16/h3-6H,2,7-9H2,1H3. The van der Waals surface area contributed by atoms with Crippen LogP contribution in [0.1, 0.15) is 19.8 Å². The van der Waals surface area contributed by atoms with E-state index in [9.17, 15) is 13.6 Å². The van der Waals surface area contributed by atoms with Gasteiger partial charge in [0.1, 0.15) is 5.75 Å². The van der Waals surface area contributed by atoms with Gasteiger partial charge < -0.3 is 9.64 Å². The number of hydrogen-bond acceptors (Lipinski definition) is 3. The molecule has 0 atom stereocenters. The summed E-state index contributed by atoms with van der Waals surface area (Å²) < 4.78 is 31.1. The van der Waals surface area contributed by atoms with Crippen LogP contribution in [0.25, 0.3) is 0 Å². The third kappa shape index (κ3) is 2.97. The Hall–Kier alpha value is -1.65. The molecule has 0 saturated carbocycles. The van der Waals surface area contributed by atoms with Crippen LogP contribution in [0.2, 0.25) is 0 Å². The van der Waals surface area contributed by atoms with Gasteiger partial charge in [0.05, 0.1) is 6.54 Å². The van der Waals surface area contributed by atoms with Crippen molar-refractivity contribution < 1.29 is 18.3 Å². The van der Waals surface area contributed by atoms with E-state index in [1.165, 1.54) is 0 Å². The van der Waals surface area contributed by atoms with Crippen molar-refractivity contribution >= 4 is 11.7 Å². The second kappa shape index (κ2) is 4.92. The van der Waals surface area contributed by atoms with Gasteiger partial charge in [-0.25, -0.2) is 8.78 Å². The number of rotatable bonds is 3. The topological polar surface area (TPSA) is 29.5 Å². The minimum atomic E-state index is -2.60. The van der Waals surface area contributed by atoms with Gasteiger partial charge in [0, 0.05) is 25.1 Å². The van der Waals surface area contributed by atoms with Gasteiger partial charge in [0.25, 0.3) is 5.92 Å². The molecule has 0 unspecified atom stereocenters. The highest BCUT2D eigenvalue weighted by Gasteiger charge is 2.38. The monoisotopic (exact) mass is 255 g/mol. The number of anilines is 1. The Balaban J connectivity index is 2.02. The predicted molar refractivity (Wildman–Crippen MR) is 64.1 cm³/mol. The van der Waals surface area contributed by atoms with Gasteiger partial charge in [0.15, 0.2) is 0 Å². The first-order valence-corrected chi connectivity index (χ1v) is 5.94. The van der Waals surface area contributed by atoms with Crippen LogP contribution in [0.3, 0.4) is 0 Å². The summed E-state index contributed by atoms with van der Waals surface area (Å²) in [5.74, 6) is -2.47. The summed E-state index contributed by atoms with van der Waals surface area (Å²) in [5, 5.41) is 0. The molecule has 1 aromatic rings. The van der Waals surface area contributed by atoms with Gasteiger partial charge in [-0.2, -0.15) is 0 Å². The third-order valence-corrected chi connectivity index (χ3v) is 2.89. The zero-order chi connectivity index (χ0) is 13.2. The zero-order valence-electron chi connectivity index (χ0n) is 10.2. The largest absolute Gasteiger partial charge is 0.427 e. The van der Waals surface area contributed by atoms with Crippen LogP contribution in [0, 0.1) is 0 Å². The van der Waals surface area contributed by atoms with Crippen LogP contribution in [0.5, 0.6) is 5.75 Å². The first kappa shape index (κ1) is 12.8. The highest BCUT2D eigenvalue weighted by Crippen LogP contribution is 2.31. The third-order valence-electron chi connectivity index (χ3n) is 2.89. The van der Waals surface area contributed by atoms with Gasteiger partial charge in [-0.15, -0.1) is 0 Å². The van der Waals surface area contributed by atoms with Crippen molar-refractivity contribution in [3.8, 4) is 5.75 Å². The molecule has 0 radical (unpaired) electrons. The Morgan fingerprint density at radius 1 is 1.39 bits per heavy atom. The lowest BCUT2D eigenvalue weighted by molar-refractivity contribution is -0.134. The fourth-order valence-corrected chi connectivity index (χ4v) is 1.88. The molecular formula is C13H15F2NO2. The molecule has 1 aromatic carbocycles. The summed E-state index contributed by atoms with van der Waals surface area (Å²) in [6, 6.07) is 6.64. The van der Waals surface area contributed by atoms with E-state index < -0.39 is 5.92 Å². The Morgan fingerprint density at radius 2 is 2.06 bits per heavy atom. The lowest BCUT2D eigenvalue weighted by Crippen LogP contribution is -2.24. The summed E-state index contributed by atoms with van der Waals surface area (Å²) >= 11 is 0. The first-order valence-electron chi connectivity index (χ1n) is 5.94. The molecule has 1 aliphatic rings. The van der Waals surface area contributed by atoms with Crippen molar-refractivity contribution in [3.63, 3.8) is 0 Å². The Labute approximate surface area is 104 Å². The van der Waals surface area contributed by atoms with Crippen molar-refractivity contribution in [1.82, 2.24) is 0 Å².